The van der Waals surface area contributed by atoms with Crippen LogP contribution in [0.2, 0.25) is 0 Å². The molecule has 122 valence electrons. The summed E-state index contributed by atoms with van der Waals surface area (Å²) in [5.41, 5.74) is -0.192. The highest BCUT2D eigenvalue weighted by Gasteiger charge is 2.51. The molecule has 0 spiro atoms. The molecule has 0 aliphatic carbocycles. The highest BCUT2D eigenvalue weighted by molar-refractivity contribution is 14.1. The lowest BCUT2D eigenvalue weighted by molar-refractivity contribution is 0.00578. The summed E-state index contributed by atoms with van der Waals surface area (Å²) in [7, 11) is -0.467. The molecule has 2 aromatic rings. The topological polar surface area (TPSA) is 71.2 Å². The molecule has 1 aliphatic rings. The van der Waals surface area contributed by atoms with E-state index < -0.39 is 18.3 Å². The predicted octanol–water partition coefficient (Wildman–Crippen LogP) is 1.12. The molecule has 0 amide bonds. The molecular formula is C14H18BIN4O3. The Bertz CT molecular complexity index is 753. The van der Waals surface area contributed by atoms with Crippen LogP contribution >= 0.6 is 22.6 Å². The van der Waals surface area contributed by atoms with Crippen LogP contribution in [0.25, 0.3) is 5.82 Å². The van der Waals surface area contributed by atoms with Crippen LogP contribution < -0.4 is 11.2 Å². The fourth-order valence-electron chi connectivity index (χ4n) is 2.21. The first kappa shape index (κ1) is 16.7. The number of aromatic nitrogens is 4. The van der Waals surface area contributed by atoms with E-state index in [9.17, 15) is 4.79 Å². The zero-order valence-corrected chi connectivity index (χ0v) is 15.6. The van der Waals surface area contributed by atoms with Crippen molar-refractivity contribution >= 4 is 35.2 Å². The Morgan fingerprint density at radius 1 is 1.22 bits per heavy atom. The first-order valence-electron chi connectivity index (χ1n) is 7.27. The molecule has 3 rings (SSSR count). The Balaban J connectivity index is 1.86. The number of alkyl halides is 1. The van der Waals surface area contributed by atoms with Crippen molar-refractivity contribution in [2.45, 2.75) is 43.4 Å². The third-order valence-electron chi connectivity index (χ3n) is 4.38. The van der Waals surface area contributed by atoms with Gasteiger partial charge in [-0.15, -0.1) is 0 Å². The standard InChI is InChI=1S/C14H18BIN4O3/c1-13(2)14(3,4)23-15(22-13)10-5-6-11(17-7-10)20-12(21)19(8-16)9-18-20/h5-7,9H,8H2,1-4H3. The van der Waals surface area contributed by atoms with Gasteiger partial charge in [-0.2, -0.15) is 9.78 Å². The Morgan fingerprint density at radius 3 is 2.35 bits per heavy atom. The lowest BCUT2D eigenvalue weighted by atomic mass is 9.80. The maximum absolute atomic E-state index is 12.1. The van der Waals surface area contributed by atoms with Gasteiger partial charge in [0, 0.05) is 11.7 Å². The Morgan fingerprint density at radius 2 is 1.87 bits per heavy atom. The SMILES string of the molecule is CC1(C)OB(c2ccc(-n3ncn(CI)c3=O)nc2)OC1(C)C. The van der Waals surface area contributed by atoms with Crippen LogP contribution in [-0.4, -0.2) is 37.7 Å². The van der Waals surface area contributed by atoms with Crippen LogP contribution in [0, 0.1) is 0 Å². The summed E-state index contributed by atoms with van der Waals surface area (Å²) in [6.45, 7) is 8.02. The van der Waals surface area contributed by atoms with E-state index in [4.69, 9.17) is 9.31 Å². The van der Waals surface area contributed by atoms with Gasteiger partial charge >= 0.3 is 12.8 Å². The van der Waals surface area contributed by atoms with Gasteiger partial charge in [-0.3, -0.25) is 4.57 Å². The van der Waals surface area contributed by atoms with Crippen molar-refractivity contribution in [1.82, 2.24) is 19.3 Å². The average molecular weight is 428 g/mol. The van der Waals surface area contributed by atoms with Crippen molar-refractivity contribution < 1.29 is 9.31 Å². The van der Waals surface area contributed by atoms with E-state index in [1.807, 2.05) is 33.8 Å². The smallest absolute Gasteiger partial charge is 0.399 e. The summed E-state index contributed by atoms with van der Waals surface area (Å²) in [6.07, 6.45) is 3.16. The van der Waals surface area contributed by atoms with Crippen LogP contribution in [0.3, 0.4) is 0 Å². The lowest BCUT2D eigenvalue weighted by Crippen LogP contribution is -2.41. The molecule has 23 heavy (non-hydrogen) atoms. The van der Waals surface area contributed by atoms with Gasteiger partial charge in [0.1, 0.15) is 6.33 Å². The molecule has 0 bridgehead atoms. The number of halogens is 1. The second-order valence-electron chi connectivity index (χ2n) is 6.45. The van der Waals surface area contributed by atoms with Gasteiger partial charge in [0.25, 0.3) is 0 Å². The molecule has 0 unspecified atom stereocenters. The first-order chi connectivity index (χ1) is 10.7. The molecule has 0 N–H and O–H groups in total. The van der Waals surface area contributed by atoms with Crippen molar-refractivity contribution in [3.63, 3.8) is 0 Å². The summed E-state index contributed by atoms with van der Waals surface area (Å²) in [5.74, 6) is 0.471. The maximum atomic E-state index is 12.1. The third-order valence-corrected chi connectivity index (χ3v) is 5.11. The molecular weight excluding hydrogens is 410 g/mol. The monoisotopic (exact) mass is 428 g/mol. The largest absolute Gasteiger partial charge is 0.496 e. The van der Waals surface area contributed by atoms with E-state index in [0.717, 1.165) is 5.46 Å². The predicted molar refractivity (Wildman–Crippen MR) is 95.4 cm³/mol. The van der Waals surface area contributed by atoms with Crippen LogP contribution in [0.5, 0.6) is 0 Å². The van der Waals surface area contributed by atoms with Crippen LogP contribution in [0.4, 0.5) is 0 Å². The fourth-order valence-corrected chi connectivity index (χ4v) is 2.68. The zero-order chi connectivity index (χ0) is 16.8. The Kier molecular flexibility index (Phi) is 4.13. The van der Waals surface area contributed by atoms with E-state index in [1.165, 1.54) is 15.6 Å². The number of rotatable bonds is 3. The third kappa shape index (κ3) is 2.85. The van der Waals surface area contributed by atoms with E-state index in [1.54, 1.807) is 12.3 Å². The van der Waals surface area contributed by atoms with Gasteiger partial charge in [-0.05, 0) is 33.8 Å². The number of hydrogen-bond donors (Lipinski definition) is 0. The Labute approximate surface area is 148 Å². The lowest BCUT2D eigenvalue weighted by Gasteiger charge is -2.32. The number of pyridine rings is 1. The summed E-state index contributed by atoms with van der Waals surface area (Å²) in [4.78, 5) is 16.4. The first-order valence-corrected chi connectivity index (χ1v) is 8.80. The van der Waals surface area contributed by atoms with Crippen molar-refractivity contribution in [1.29, 1.82) is 0 Å². The molecule has 1 saturated heterocycles. The highest BCUT2D eigenvalue weighted by atomic mass is 127. The quantitative estimate of drug-likeness (QED) is 0.417. The van der Waals surface area contributed by atoms with Gasteiger partial charge in [0.2, 0.25) is 0 Å². The van der Waals surface area contributed by atoms with Crippen molar-refractivity contribution in [2.75, 3.05) is 0 Å². The van der Waals surface area contributed by atoms with Gasteiger partial charge in [0.05, 0.1) is 15.8 Å². The Hall–Kier alpha value is -1.20. The highest BCUT2D eigenvalue weighted by Crippen LogP contribution is 2.36. The van der Waals surface area contributed by atoms with E-state index in [0.29, 0.717) is 10.4 Å². The van der Waals surface area contributed by atoms with Crippen LogP contribution in [0.1, 0.15) is 27.7 Å². The minimum Gasteiger partial charge on any atom is -0.399 e. The second kappa shape index (κ2) is 5.71. The van der Waals surface area contributed by atoms with Crippen molar-refractivity contribution in [2.24, 2.45) is 0 Å². The van der Waals surface area contributed by atoms with Crippen LogP contribution in [-0.2, 0) is 13.9 Å². The maximum Gasteiger partial charge on any atom is 0.496 e. The summed E-state index contributed by atoms with van der Waals surface area (Å²) >= 11 is 2.10. The van der Waals surface area contributed by atoms with Crippen molar-refractivity contribution in [3.05, 3.63) is 35.1 Å². The van der Waals surface area contributed by atoms with Gasteiger partial charge < -0.3 is 9.31 Å². The van der Waals surface area contributed by atoms with E-state index in [-0.39, 0.29) is 5.69 Å². The van der Waals surface area contributed by atoms with Crippen molar-refractivity contribution in [3.8, 4) is 5.82 Å². The molecule has 0 atom stereocenters. The normalized spacial score (nSPS) is 19.3. The average Bonchev–Trinajstić information content (AvgIpc) is 2.96. The van der Waals surface area contributed by atoms with E-state index in [2.05, 4.69) is 32.7 Å². The molecule has 2 aromatic heterocycles. The molecule has 0 aromatic carbocycles. The molecule has 3 heterocycles. The minimum atomic E-state index is -0.467. The summed E-state index contributed by atoms with van der Waals surface area (Å²) < 4.78 is 15.3. The van der Waals surface area contributed by atoms with Gasteiger partial charge in [0.15, 0.2) is 5.82 Å². The minimum absolute atomic E-state index is 0.213. The van der Waals surface area contributed by atoms with Gasteiger partial charge in [-0.25, -0.2) is 9.78 Å². The van der Waals surface area contributed by atoms with E-state index >= 15 is 0 Å². The molecule has 9 heteroatoms. The number of nitrogens with zero attached hydrogens (tertiary/aromatic N) is 4. The fraction of sp³-hybridized carbons (Fsp3) is 0.500. The zero-order valence-electron chi connectivity index (χ0n) is 13.5. The molecule has 1 aliphatic heterocycles. The number of hydrogen-bond acceptors (Lipinski definition) is 5. The summed E-state index contributed by atoms with van der Waals surface area (Å²) in [6, 6.07) is 3.59. The van der Waals surface area contributed by atoms with Crippen LogP contribution in [0.15, 0.2) is 29.5 Å². The molecule has 1 fully saturated rings. The molecule has 0 radical (unpaired) electrons. The van der Waals surface area contributed by atoms with Gasteiger partial charge in [-0.1, -0.05) is 28.7 Å². The second-order valence-corrected chi connectivity index (χ2v) is 7.13. The molecule has 7 nitrogen and oxygen atoms in total. The molecule has 0 saturated carbocycles. The summed E-state index contributed by atoms with van der Waals surface area (Å²) in [5, 5.41) is 4.07.